The van der Waals surface area contributed by atoms with Gasteiger partial charge in [0.15, 0.2) is 0 Å². The highest BCUT2D eigenvalue weighted by Gasteiger charge is 2.30. The molecule has 0 bridgehead atoms. The maximum absolute atomic E-state index is 13.4. The average molecular weight is 849 g/mol. The number of carbonyl (C=O) groups excluding carboxylic acids is 3. The molecule has 0 aromatic heterocycles. The van der Waals surface area contributed by atoms with E-state index in [1.807, 2.05) is 132 Å². The maximum atomic E-state index is 13.4. The van der Waals surface area contributed by atoms with Crippen molar-refractivity contribution < 1.29 is 28.6 Å². The second-order valence-electron chi connectivity index (χ2n) is 13.8. The van der Waals surface area contributed by atoms with E-state index in [1.165, 1.54) is 0 Å². The topological polar surface area (TPSA) is 127 Å². The third kappa shape index (κ3) is 10.0. The number of esters is 1. The lowest BCUT2D eigenvalue weighted by atomic mass is 9.95. The van der Waals surface area contributed by atoms with Gasteiger partial charge in [-0.05, 0) is 101 Å². The highest BCUT2D eigenvalue weighted by molar-refractivity contribution is 14.1. The molecule has 1 aliphatic rings. The Balaban J connectivity index is 1.18. The number of carbonyl (C=O) groups is 3. The van der Waals surface area contributed by atoms with Gasteiger partial charge in [-0.2, -0.15) is 0 Å². The van der Waals surface area contributed by atoms with Crippen molar-refractivity contribution in [3.8, 4) is 22.3 Å². The van der Waals surface area contributed by atoms with Crippen molar-refractivity contribution in [2.45, 2.75) is 44.9 Å². The van der Waals surface area contributed by atoms with Crippen molar-refractivity contribution in [1.29, 1.82) is 0 Å². The van der Waals surface area contributed by atoms with Crippen LogP contribution >= 0.6 is 22.6 Å². The molecule has 11 heteroatoms. The number of nitrogens with one attached hydrogen (secondary N) is 3. The molecular formula is C44H41IN4O6. The van der Waals surface area contributed by atoms with Gasteiger partial charge in [-0.25, -0.2) is 19.4 Å². The van der Waals surface area contributed by atoms with Crippen molar-refractivity contribution in [1.82, 2.24) is 16.0 Å². The summed E-state index contributed by atoms with van der Waals surface area (Å²) in [5.74, 6) is -0.0989. The van der Waals surface area contributed by atoms with Gasteiger partial charge in [-0.1, -0.05) is 121 Å². The number of alkyl carbamates (subject to hydrolysis) is 2. The monoisotopic (exact) mass is 848 g/mol. The third-order valence-electron chi connectivity index (χ3n) is 9.05. The van der Waals surface area contributed by atoms with Gasteiger partial charge in [0.1, 0.15) is 23.0 Å². The Bertz CT molecular complexity index is 2070. The SMILES string of the molecule is CC(C)(OC(=O)NC(=Nc1ccc(C2NC/C(=C\I)OC2=O)cc1)NC(=O)OC(C)(C)c1ccc(-c2ccccc2)cc1)c1ccc(-c2ccccc2)cc1. The minimum Gasteiger partial charge on any atom is -0.438 e. The Morgan fingerprint density at radius 1 is 0.691 bits per heavy atom. The molecule has 0 aliphatic carbocycles. The van der Waals surface area contributed by atoms with Crippen LogP contribution < -0.4 is 16.0 Å². The number of hydrogen-bond donors (Lipinski definition) is 3. The van der Waals surface area contributed by atoms with Crippen molar-refractivity contribution in [3.63, 3.8) is 0 Å². The summed E-state index contributed by atoms with van der Waals surface area (Å²) in [5.41, 5.74) is 4.68. The van der Waals surface area contributed by atoms with E-state index >= 15 is 0 Å². The summed E-state index contributed by atoms with van der Waals surface area (Å²) in [4.78, 5) is 44.0. The molecule has 55 heavy (non-hydrogen) atoms. The fourth-order valence-electron chi connectivity index (χ4n) is 6.00. The number of rotatable bonds is 8. The van der Waals surface area contributed by atoms with E-state index in [-0.39, 0.29) is 5.96 Å². The number of amides is 2. The maximum Gasteiger partial charge on any atom is 0.414 e. The van der Waals surface area contributed by atoms with Crippen molar-refractivity contribution in [3.05, 3.63) is 160 Å². The molecule has 2 amide bonds. The van der Waals surface area contributed by atoms with Crippen LogP contribution in [0.2, 0.25) is 0 Å². The molecule has 1 unspecified atom stereocenters. The number of benzene rings is 5. The summed E-state index contributed by atoms with van der Waals surface area (Å²) in [5, 5.41) is 8.34. The van der Waals surface area contributed by atoms with E-state index in [9.17, 15) is 14.4 Å². The molecule has 0 radical (unpaired) electrons. The van der Waals surface area contributed by atoms with Gasteiger partial charge in [0, 0.05) is 4.08 Å². The van der Waals surface area contributed by atoms with Crippen LogP contribution in [-0.4, -0.2) is 30.7 Å². The van der Waals surface area contributed by atoms with E-state index < -0.39 is 35.4 Å². The van der Waals surface area contributed by atoms with Crippen molar-refractivity contribution >= 4 is 52.4 Å². The number of hydrogen-bond acceptors (Lipinski definition) is 8. The fraction of sp³-hybridized carbons (Fsp3) is 0.182. The molecule has 1 fully saturated rings. The van der Waals surface area contributed by atoms with Gasteiger partial charge in [-0.15, -0.1) is 0 Å². The smallest absolute Gasteiger partial charge is 0.414 e. The van der Waals surface area contributed by atoms with Crippen molar-refractivity contribution in [2.75, 3.05) is 6.54 Å². The minimum atomic E-state index is -1.05. The minimum absolute atomic E-state index is 0.222. The van der Waals surface area contributed by atoms with E-state index in [0.29, 0.717) is 23.6 Å². The van der Waals surface area contributed by atoms with Gasteiger partial charge < -0.3 is 14.2 Å². The largest absolute Gasteiger partial charge is 0.438 e. The van der Waals surface area contributed by atoms with Crippen LogP contribution in [0.4, 0.5) is 15.3 Å². The summed E-state index contributed by atoms with van der Waals surface area (Å²) in [6.07, 6.45) is -1.70. The Kier molecular flexibility index (Phi) is 12.1. The number of guanidine groups is 1. The normalized spacial score (nSPS) is 15.0. The van der Waals surface area contributed by atoms with Crippen LogP contribution in [0.15, 0.2) is 148 Å². The lowest BCUT2D eigenvalue weighted by molar-refractivity contribution is -0.144. The van der Waals surface area contributed by atoms with Crippen molar-refractivity contribution in [2.24, 2.45) is 4.99 Å². The second kappa shape index (κ2) is 17.1. The van der Waals surface area contributed by atoms with E-state index in [4.69, 9.17) is 14.2 Å². The molecule has 6 rings (SSSR count). The molecule has 1 saturated heterocycles. The van der Waals surface area contributed by atoms with Crippen LogP contribution in [-0.2, 0) is 30.2 Å². The van der Waals surface area contributed by atoms with Crippen LogP contribution in [0, 0.1) is 0 Å². The molecule has 5 aromatic rings. The van der Waals surface area contributed by atoms with Gasteiger partial charge in [0.05, 0.1) is 12.2 Å². The van der Waals surface area contributed by atoms with E-state index in [2.05, 4.69) is 20.9 Å². The quantitative estimate of drug-likeness (QED) is 0.0467. The molecule has 10 nitrogen and oxygen atoms in total. The predicted molar refractivity (Wildman–Crippen MR) is 222 cm³/mol. The first-order valence-corrected chi connectivity index (χ1v) is 18.9. The zero-order valence-electron chi connectivity index (χ0n) is 30.8. The Labute approximate surface area is 334 Å². The lowest BCUT2D eigenvalue weighted by Gasteiger charge is -2.27. The average Bonchev–Trinajstić information content (AvgIpc) is 3.18. The first-order valence-electron chi connectivity index (χ1n) is 17.6. The van der Waals surface area contributed by atoms with Gasteiger partial charge in [0.2, 0.25) is 5.96 Å². The predicted octanol–water partition coefficient (Wildman–Crippen LogP) is 9.79. The van der Waals surface area contributed by atoms with Crippen LogP contribution in [0.25, 0.3) is 22.3 Å². The third-order valence-corrected chi connectivity index (χ3v) is 9.74. The van der Waals surface area contributed by atoms with Gasteiger partial charge in [0.25, 0.3) is 0 Å². The lowest BCUT2D eigenvalue weighted by Crippen LogP contribution is -2.47. The zero-order chi connectivity index (χ0) is 39.0. The standard InChI is InChI=1S/C44H41IN4O6/c1-43(2,34-21-15-31(16-22-34)29-11-7-5-8-12-29)54-41(51)48-40(47-36-25-19-33(20-26-36)38-39(50)53-37(27-45)28-46-38)49-42(52)55-44(3,4)35-23-17-32(18-24-35)30-13-9-6-10-14-30/h5-27,38,46H,28H2,1-4H3,(H2,47,48,49,51,52)/b37-27+. The summed E-state index contributed by atoms with van der Waals surface area (Å²) in [7, 11) is 0. The van der Waals surface area contributed by atoms with Crippen LogP contribution in [0.5, 0.6) is 0 Å². The summed E-state index contributed by atoms with van der Waals surface area (Å²) < 4.78 is 18.8. The molecular weight excluding hydrogens is 807 g/mol. The molecule has 5 aromatic carbocycles. The highest BCUT2D eigenvalue weighted by Crippen LogP contribution is 2.30. The Morgan fingerprint density at radius 2 is 1.13 bits per heavy atom. The molecule has 1 aliphatic heterocycles. The fourth-order valence-corrected chi connectivity index (χ4v) is 6.34. The second-order valence-corrected chi connectivity index (χ2v) is 14.4. The molecule has 0 saturated carbocycles. The Hall–Kier alpha value is -5.79. The van der Waals surface area contributed by atoms with Crippen LogP contribution in [0.3, 0.4) is 0 Å². The number of ether oxygens (including phenoxy) is 3. The molecule has 3 N–H and O–H groups in total. The molecule has 0 spiro atoms. The summed E-state index contributed by atoms with van der Waals surface area (Å²) in [6.45, 7) is 7.50. The van der Waals surface area contributed by atoms with E-state index in [1.54, 1.807) is 56.0 Å². The first kappa shape index (κ1) is 38.9. The first-order chi connectivity index (χ1) is 26.4. The van der Waals surface area contributed by atoms with Gasteiger partial charge in [-0.3, -0.25) is 16.0 Å². The summed E-state index contributed by atoms with van der Waals surface area (Å²) >= 11 is 2.02. The number of morpholine rings is 1. The summed E-state index contributed by atoms with van der Waals surface area (Å²) in [6, 6.07) is 41.6. The Morgan fingerprint density at radius 3 is 1.55 bits per heavy atom. The number of halogens is 1. The number of nitrogens with zero attached hydrogens (tertiary/aromatic N) is 1. The van der Waals surface area contributed by atoms with Crippen LogP contribution in [0.1, 0.15) is 50.4 Å². The zero-order valence-corrected chi connectivity index (χ0v) is 33.0. The molecule has 280 valence electrons. The van der Waals surface area contributed by atoms with Gasteiger partial charge >= 0.3 is 18.2 Å². The molecule has 1 atom stereocenters. The van der Waals surface area contributed by atoms with E-state index in [0.717, 1.165) is 33.4 Å². The number of cyclic esters (lactones) is 1. The number of aliphatic imine (C=N–C) groups is 1. The highest BCUT2D eigenvalue weighted by atomic mass is 127. The molecule has 1 heterocycles.